The van der Waals surface area contributed by atoms with Crippen LogP contribution in [0.4, 0.5) is 0 Å². The number of amides is 1. The molecule has 1 rings (SSSR count). The molecule has 0 spiro atoms. The van der Waals surface area contributed by atoms with E-state index in [1.165, 1.54) is 0 Å². The number of aldehydes is 1. The summed E-state index contributed by atoms with van der Waals surface area (Å²) in [7, 11) is 0. The van der Waals surface area contributed by atoms with Crippen LogP contribution in [0.3, 0.4) is 0 Å². The summed E-state index contributed by atoms with van der Waals surface area (Å²) in [6.07, 6.45) is 2.19. The van der Waals surface area contributed by atoms with E-state index in [0.717, 1.165) is 19.1 Å². The van der Waals surface area contributed by atoms with Gasteiger partial charge in [0.15, 0.2) is 0 Å². The summed E-state index contributed by atoms with van der Waals surface area (Å²) in [5.41, 5.74) is 4.53. The Morgan fingerprint density at radius 2 is 2.20 bits per heavy atom. The number of hydrogen-bond acceptors (Lipinski definition) is 2. The van der Waals surface area contributed by atoms with Crippen LogP contribution in [0.5, 0.6) is 0 Å². The lowest BCUT2D eigenvalue weighted by atomic mass is 10.0. The second-order valence-corrected chi connectivity index (χ2v) is 3.54. The summed E-state index contributed by atoms with van der Waals surface area (Å²) in [6, 6.07) is 0. The van der Waals surface area contributed by atoms with Crippen molar-refractivity contribution in [2.45, 2.75) is 17.7 Å². The van der Waals surface area contributed by atoms with Crippen LogP contribution in [-0.2, 0) is 9.59 Å². The first-order chi connectivity index (χ1) is 4.63. The predicted octanol–water partition coefficient (Wildman–Crippen LogP) is 0.214. The molecule has 0 heterocycles. The molecular formula is C6H8BrNO2. The molecule has 0 bridgehead atoms. The van der Waals surface area contributed by atoms with Gasteiger partial charge < -0.3 is 10.5 Å². The van der Waals surface area contributed by atoms with Gasteiger partial charge in [-0.15, -0.1) is 0 Å². The highest BCUT2D eigenvalue weighted by Crippen LogP contribution is 2.50. The predicted molar refractivity (Wildman–Crippen MR) is 39.6 cm³/mol. The number of nitrogens with two attached hydrogens (primary N) is 1. The number of alkyl halides is 1. The molecular weight excluding hydrogens is 198 g/mol. The number of halogens is 1. The summed E-state index contributed by atoms with van der Waals surface area (Å²) in [6.45, 7) is 0. The first-order valence-electron chi connectivity index (χ1n) is 3.03. The molecule has 0 aliphatic heterocycles. The minimum Gasteiger partial charge on any atom is -0.369 e. The standard InChI is InChI=1S/C6H8BrNO2/c7-4(3-9)6(1-2-6)5(8)10/h3-4H,1-2H2,(H2,8,10). The number of primary amides is 1. The molecule has 0 aromatic rings. The normalized spacial score (nSPS) is 23.3. The van der Waals surface area contributed by atoms with Crippen molar-refractivity contribution >= 4 is 28.1 Å². The van der Waals surface area contributed by atoms with Gasteiger partial charge in [-0.1, -0.05) is 15.9 Å². The van der Waals surface area contributed by atoms with Crippen LogP contribution in [0.25, 0.3) is 0 Å². The Kier molecular flexibility index (Phi) is 1.81. The first kappa shape index (κ1) is 7.72. The zero-order valence-corrected chi connectivity index (χ0v) is 6.93. The SMILES string of the molecule is NC(=O)C1(C(Br)C=O)CC1. The van der Waals surface area contributed by atoms with Crippen molar-refractivity contribution in [3.63, 3.8) is 0 Å². The molecule has 1 aliphatic rings. The summed E-state index contributed by atoms with van der Waals surface area (Å²) in [4.78, 5) is 20.6. The van der Waals surface area contributed by atoms with Crippen molar-refractivity contribution in [2.75, 3.05) is 0 Å². The average molecular weight is 206 g/mol. The maximum atomic E-state index is 10.7. The summed E-state index contributed by atoms with van der Waals surface area (Å²) in [5.74, 6) is -0.374. The van der Waals surface area contributed by atoms with Crippen molar-refractivity contribution in [3.05, 3.63) is 0 Å². The van der Waals surface area contributed by atoms with Gasteiger partial charge in [-0.25, -0.2) is 0 Å². The van der Waals surface area contributed by atoms with E-state index < -0.39 is 10.2 Å². The first-order valence-corrected chi connectivity index (χ1v) is 3.94. The molecule has 3 nitrogen and oxygen atoms in total. The number of hydrogen-bond donors (Lipinski definition) is 1. The highest BCUT2D eigenvalue weighted by atomic mass is 79.9. The topological polar surface area (TPSA) is 60.2 Å². The summed E-state index contributed by atoms with van der Waals surface area (Å²) < 4.78 is 0. The minimum atomic E-state index is -0.554. The highest BCUT2D eigenvalue weighted by molar-refractivity contribution is 9.10. The molecule has 56 valence electrons. The zero-order chi connectivity index (χ0) is 7.78. The van der Waals surface area contributed by atoms with Gasteiger partial charge in [0.2, 0.25) is 5.91 Å². The highest BCUT2D eigenvalue weighted by Gasteiger charge is 2.53. The average Bonchev–Trinajstić information content (AvgIpc) is 2.65. The Morgan fingerprint density at radius 3 is 2.30 bits per heavy atom. The van der Waals surface area contributed by atoms with E-state index >= 15 is 0 Å². The molecule has 4 heteroatoms. The van der Waals surface area contributed by atoms with Crippen molar-refractivity contribution in [3.8, 4) is 0 Å². The van der Waals surface area contributed by atoms with Crippen LogP contribution in [0, 0.1) is 5.41 Å². The molecule has 2 N–H and O–H groups in total. The number of rotatable bonds is 3. The summed E-state index contributed by atoms with van der Waals surface area (Å²) in [5, 5.41) is 0. The molecule has 1 saturated carbocycles. The second-order valence-electron chi connectivity index (χ2n) is 2.56. The van der Waals surface area contributed by atoms with Gasteiger partial charge in [0.25, 0.3) is 0 Å². The maximum Gasteiger partial charge on any atom is 0.225 e. The lowest BCUT2D eigenvalue weighted by molar-refractivity contribution is -0.124. The zero-order valence-electron chi connectivity index (χ0n) is 5.34. The minimum absolute atomic E-state index is 0.374. The Labute approximate surface area is 67.1 Å². The van der Waals surface area contributed by atoms with Gasteiger partial charge >= 0.3 is 0 Å². The van der Waals surface area contributed by atoms with Crippen LogP contribution in [-0.4, -0.2) is 17.0 Å². The molecule has 0 saturated heterocycles. The van der Waals surface area contributed by atoms with Crippen LogP contribution >= 0.6 is 15.9 Å². The number of carbonyl (C=O) groups is 2. The van der Waals surface area contributed by atoms with Crippen LogP contribution < -0.4 is 5.73 Å². The van der Waals surface area contributed by atoms with Crippen molar-refractivity contribution < 1.29 is 9.59 Å². The van der Waals surface area contributed by atoms with Crippen molar-refractivity contribution in [1.82, 2.24) is 0 Å². The smallest absolute Gasteiger partial charge is 0.225 e. The Balaban J connectivity index is 2.68. The Bertz CT molecular complexity index is 177. The maximum absolute atomic E-state index is 10.7. The molecule has 1 aliphatic carbocycles. The van der Waals surface area contributed by atoms with E-state index in [4.69, 9.17) is 5.73 Å². The number of carbonyl (C=O) groups excluding carboxylic acids is 2. The van der Waals surface area contributed by atoms with Crippen molar-refractivity contribution in [1.29, 1.82) is 0 Å². The lowest BCUT2D eigenvalue weighted by Crippen LogP contribution is -2.32. The quantitative estimate of drug-likeness (QED) is 0.530. The molecule has 1 amide bonds. The van der Waals surface area contributed by atoms with Crippen molar-refractivity contribution in [2.24, 2.45) is 11.1 Å². The van der Waals surface area contributed by atoms with Crippen LogP contribution in [0.1, 0.15) is 12.8 Å². The Morgan fingerprint density at radius 1 is 1.70 bits per heavy atom. The molecule has 1 fully saturated rings. The summed E-state index contributed by atoms with van der Waals surface area (Å²) >= 11 is 3.09. The lowest BCUT2D eigenvalue weighted by Gasteiger charge is -2.10. The van der Waals surface area contributed by atoms with E-state index in [2.05, 4.69) is 15.9 Å². The fourth-order valence-corrected chi connectivity index (χ4v) is 1.61. The Hall–Kier alpha value is -0.380. The largest absolute Gasteiger partial charge is 0.369 e. The van der Waals surface area contributed by atoms with Gasteiger partial charge in [-0.05, 0) is 12.8 Å². The molecule has 1 unspecified atom stereocenters. The van der Waals surface area contributed by atoms with Gasteiger partial charge in [0, 0.05) is 0 Å². The van der Waals surface area contributed by atoms with Crippen LogP contribution in [0.15, 0.2) is 0 Å². The second kappa shape index (κ2) is 2.34. The van der Waals surface area contributed by atoms with E-state index in [1.807, 2.05) is 0 Å². The van der Waals surface area contributed by atoms with E-state index in [0.29, 0.717) is 0 Å². The molecule has 0 aromatic heterocycles. The molecule has 10 heavy (non-hydrogen) atoms. The van der Waals surface area contributed by atoms with Gasteiger partial charge in [-0.3, -0.25) is 4.79 Å². The molecule has 0 aromatic carbocycles. The monoisotopic (exact) mass is 205 g/mol. The van der Waals surface area contributed by atoms with Gasteiger partial charge in [0.1, 0.15) is 6.29 Å². The van der Waals surface area contributed by atoms with Gasteiger partial charge in [-0.2, -0.15) is 0 Å². The fourth-order valence-electron chi connectivity index (χ4n) is 0.923. The van der Waals surface area contributed by atoms with E-state index in [-0.39, 0.29) is 5.91 Å². The fraction of sp³-hybridized carbons (Fsp3) is 0.667. The third-order valence-corrected chi connectivity index (χ3v) is 3.02. The molecule has 0 radical (unpaired) electrons. The van der Waals surface area contributed by atoms with E-state index in [1.54, 1.807) is 0 Å². The van der Waals surface area contributed by atoms with E-state index in [9.17, 15) is 9.59 Å². The molecule has 1 atom stereocenters. The third kappa shape index (κ3) is 0.963. The third-order valence-electron chi connectivity index (χ3n) is 1.93. The van der Waals surface area contributed by atoms with Crippen LogP contribution in [0.2, 0.25) is 0 Å². The van der Waals surface area contributed by atoms with Gasteiger partial charge in [0.05, 0.1) is 10.2 Å².